The predicted octanol–water partition coefficient (Wildman–Crippen LogP) is 1.37. The van der Waals surface area contributed by atoms with E-state index in [1.807, 2.05) is 18.0 Å². The highest BCUT2D eigenvalue weighted by Crippen LogP contribution is 2.19. The third kappa shape index (κ3) is 5.16. The van der Waals surface area contributed by atoms with Gasteiger partial charge in [0.2, 0.25) is 15.9 Å². The first-order valence-corrected chi connectivity index (χ1v) is 10.1. The number of sulfonamides is 1. The fourth-order valence-electron chi connectivity index (χ4n) is 2.82. The molecule has 146 valence electrons. The molecule has 8 nitrogen and oxygen atoms in total. The molecular formula is C18H23N3O5S. The maximum absolute atomic E-state index is 12.6. The summed E-state index contributed by atoms with van der Waals surface area (Å²) in [4.78, 5) is 14.2. The zero-order valence-corrected chi connectivity index (χ0v) is 15.9. The zero-order valence-electron chi connectivity index (χ0n) is 15.1. The van der Waals surface area contributed by atoms with Crippen molar-refractivity contribution in [2.45, 2.75) is 11.4 Å². The van der Waals surface area contributed by atoms with Gasteiger partial charge in [0.05, 0.1) is 37.5 Å². The molecule has 27 heavy (non-hydrogen) atoms. The number of anilines is 1. The molecule has 0 atom stereocenters. The predicted molar refractivity (Wildman–Crippen MR) is 99.7 cm³/mol. The molecule has 0 spiro atoms. The first-order chi connectivity index (χ1) is 12.9. The van der Waals surface area contributed by atoms with E-state index in [0.29, 0.717) is 38.5 Å². The number of furan rings is 1. The average molecular weight is 393 g/mol. The van der Waals surface area contributed by atoms with Gasteiger partial charge < -0.3 is 14.5 Å². The molecule has 1 aliphatic heterocycles. The SMILES string of the molecule is CN(CC(=O)Nc1ccc(S(=O)(=O)N2CCOCC2)cc1)Cc1ccco1. The molecule has 1 amide bonds. The number of likely N-dealkylation sites (N-methyl/N-ethyl adjacent to an activating group) is 1. The number of morpholine rings is 1. The summed E-state index contributed by atoms with van der Waals surface area (Å²) in [5, 5.41) is 2.77. The van der Waals surface area contributed by atoms with Crippen LogP contribution < -0.4 is 5.32 Å². The summed E-state index contributed by atoms with van der Waals surface area (Å²) < 4.78 is 37.0. The highest BCUT2D eigenvalue weighted by molar-refractivity contribution is 7.89. The number of carbonyl (C=O) groups is 1. The van der Waals surface area contributed by atoms with Crippen LogP contribution in [0, 0.1) is 0 Å². The van der Waals surface area contributed by atoms with Crippen LogP contribution in [-0.4, -0.2) is 63.4 Å². The largest absolute Gasteiger partial charge is 0.468 e. The molecule has 1 N–H and O–H groups in total. The lowest BCUT2D eigenvalue weighted by atomic mass is 10.3. The first-order valence-electron chi connectivity index (χ1n) is 8.64. The fourth-order valence-corrected chi connectivity index (χ4v) is 4.22. The second kappa shape index (κ2) is 8.66. The van der Waals surface area contributed by atoms with Gasteiger partial charge in [-0.1, -0.05) is 0 Å². The van der Waals surface area contributed by atoms with Crippen LogP contribution in [0.15, 0.2) is 52.0 Å². The van der Waals surface area contributed by atoms with E-state index in [-0.39, 0.29) is 17.3 Å². The Morgan fingerprint density at radius 2 is 1.89 bits per heavy atom. The van der Waals surface area contributed by atoms with Gasteiger partial charge in [0.15, 0.2) is 0 Å². The average Bonchev–Trinajstić information content (AvgIpc) is 3.15. The lowest BCUT2D eigenvalue weighted by Crippen LogP contribution is -2.40. The molecule has 1 aromatic heterocycles. The molecule has 9 heteroatoms. The number of hydrogen-bond donors (Lipinski definition) is 1. The number of nitrogens with one attached hydrogen (secondary N) is 1. The first kappa shape index (κ1) is 19.6. The van der Waals surface area contributed by atoms with Crippen LogP contribution in [0.4, 0.5) is 5.69 Å². The maximum Gasteiger partial charge on any atom is 0.243 e. The lowest BCUT2D eigenvalue weighted by Gasteiger charge is -2.26. The number of carbonyl (C=O) groups excluding carboxylic acids is 1. The molecule has 0 aliphatic carbocycles. The van der Waals surface area contributed by atoms with E-state index in [2.05, 4.69) is 5.32 Å². The highest BCUT2D eigenvalue weighted by Gasteiger charge is 2.26. The van der Waals surface area contributed by atoms with Crippen LogP contribution in [0.5, 0.6) is 0 Å². The van der Waals surface area contributed by atoms with Crippen LogP contribution in [0.25, 0.3) is 0 Å². The third-order valence-corrected chi connectivity index (χ3v) is 6.08. The van der Waals surface area contributed by atoms with Gasteiger partial charge in [-0.3, -0.25) is 9.69 Å². The summed E-state index contributed by atoms with van der Waals surface area (Å²) in [5.74, 6) is 0.593. The summed E-state index contributed by atoms with van der Waals surface area (Å²) in [7, 11) is -1.71. The minimum atomic E-state index is -3.53. The molecule has 1 fully saturated rings. The van der Waals surface area contributed by atoms with Gasteiger partial charge in [0.1, 0.15) is 5.76 Å². The highest BCUT2D eigenvalue weighted by atomic mass is 32.2. The normalized spacial score (nSPS) is 15.8. The van der Waals surface area contributed by atoms with E-state index in [9.17, 15) is 13.2 Å². The number of hydrogen-bond acceptors (Lipinski definition) is 6. The summed E-state index contributed by atoms with van der Waals surface area (Å²) in [5.41, 5.74) is 0.548. The molecule has 1 saturated heterocycles. The Balaban J connectivity index is 1.56. The Kier molecular flexibility index (Phi) is 6.27. The monoisotopic (exact) mass is 393 g/mol. The second-order valence-electron chi connectivity index (χ2n) is 6.34. The minimum Gasteiger partial charge on any atom is -0.468 e. The van der Waals surface area contributed by atoms with Crippen molar-refractivity contribution in [3.05, 3.63) is 48.4 Å². The van der Waals surface area contributed by atoms with Crippen LogP contribution in [0.3, 0.4) is 0 Å². The van der Waals surface area contributed by atoms with E-state index >= 15 is 0 Å². The summed E-state index contributed by atoms with van der Waals surface area (Å²) in [6.45, 7) is 2.22. The van der Waals surface area contributed by atoms with E-state index in [0.717, 1.165) is 5.76 Å². The van der Waals surface area contributed by atoms with Crippen molar-refractivity contribution in [2.24, 2.45) is 0 Å². The Morgan fingerprint density at radius 3 is 2.52 bits per heavy atom. The quantitative estimate of drug-likeness (QED) is 0.764. The van der Waals surface area contributed by atoms with Gasteiger partial charge in [0, 0.05) is 18.8 Å². The van der Waals surface area contributed by atoms with Crippen molar-refractivity contribution < 1.29 is 22.4 Å². The van der Waals surface area contributed by atoms with Gasteiger partial charge in [0.25, 0.3) is 0 Å². The van der Waals surface area contributed by atoms with Crippen molar-refractivity contribution in [2.75, 3.05) is 45.2 Å². The van der Waals surface area contributed by atoms with E-state index in [1.54, 1.807) is 24.5 Å². The summed E-state index contributed by atoms with van der Waals surface area (Å²) in [6, 6.07) is 9.85. The number of benzene rings is 1. The van der Waals surface area contributed by atoms with Crippen molar-refractivity contribution in [3.63, 3.8) is 0 Å². The van der Waals surface area contributed by atoms with Crippen molar-refractivity contribution in [1.82, 2.24) is 9.21 Å². The molecule has 3 rings (SSSR count). The van der Waals surface area contributed by atoms with Gasteiger partial charge in [-0.25, -0.2) is 8.42 Å². The molecule has 2 heterocycles. The smallest absolute Gasteiger partial charge is 0.243 e. The summed E-state index contributed by atoms with van der Waals surface area (Å²) >= 11 is 0. The lowest BCUT2D eigenvalue weighted by molar-refractivity contribution is -0.117. The van der Waals surface area contributed by atoms with Gasteiger partial charge in [-0.2, -0.15) is 4.31 Å². The van der Waals surface area contributed by atoms with Crippen LogP contribution in [-0.2, 0) is 26.1 Å². The van der Waals surface area contributed by atoms with E-state index < -0.39 is 10.0 Å². The molecule has 0 radical (unpaired) electrons. The molecule has 2 aromatic rings. The maximum atomic E-state index is 12.6. The Hall–Kier alpha value is -2.20. The van der Waals surface area contributed by atoms with Gasteiger partial charge >= 0.3 is 0 Å². The van der Waals surface area contributed by atoms with Crippen molar-refractivity contribution >= 4 is 21.6 Å². The van der Waals surface area contributed by atoms with Crippen molar-refractivity contribution in [1.29, 1.82) is 0 Å². The molecule has 1 aromatic carbocycles. The van der Waals surface area contributed by atoms with Crippen LogP contribution in [0.2, 0.25) is 0 Å². The second-order valence-corrected chi connectivity index (χ2v) is 8.28. The van der Waals surface area contributed by atoms with Crippen LogP contribution in [0.1, 0.15) is 5.76 Å². The minimum absolute atomic E-state index is 0.187. The molecule has 1 aliphatic rings. The van der Waals surface area contributed by atoms with Crippen LogP contribution >= 0.6 is 0 Å². The molecular weight excluding hydrogens is 370 g/mol. The summed E-state index contributed by atoms with van der Waals surface area (Å²) in [6.07, 6.45) is 1.59. The standard InChI is InChI=1S/C18H23N3O5S/c1-20(13-16-3-2-10-26-16)14-18(22)19-15-4-6-17(7-5-15)27(23,24)21-8-11-25-12-9-21/h2-7,10H,8-9,11-14H2,1H3,(H,19,22). The topological polar surface area (TPSA) is 92.1 Å². The Labute approximate surface area is 158 Å². The fraction of sp³-hybridized carbons (Fsp3) is 0.389. The molecule has 0 saturated carbocycles. The van der Waals surface area contributed by atoms with E-state index in [4.69, 9.17) is 9.15 Å². The number of amides is 1. The van der Waals surface area contributed by atoms with Gasteiger partial charge in [-0.05, 0) is 43.4 Å². The Morgan fingerprint density at radius 1 is 1.19 bits per heavy atom. The number of rotatable bonds is 7. The van der Waals surface area contributed by atoms with Crippen molar-refractivity contribution in [3.8, 4) is 0 Å². The third-order valence-electron chi connectivity index (χ3n) is 4.17. The Bertz CT molecular complexity index is 844. The number of nitrogens with zero attached hydrogens (tertiary/aromatic N) is 2. The zero-order chi connectivity index (χ0) is 19.3. The number of ether oxygens (including phenoxy) is 1. The molecule has 0 unspecified atom stereocenters. The van der Waals surface area contributed by atoms with Gasteiger partial charge in [-0.15, -0.1) is 0 Å². The molecule has 0 bridgehead atoms. The van der Waals surface area contributed by atoms with E-state index in [1.165, 1.54) is 16.4 Å².